The third-order valence-electron chi connectivity index (χ3n) is 2.72. The smallest absolute Gasteiger partial charge is 0.0651 e. The zero-order valence-corrected chi connectivity index (χ0v) is 8.96. The van der Waals surface area contributed by atoms with Crippen LogP contribution in [0.5, 0.6) is 0 Å². The molecule has 0 aliphatic heterocycles. The molecule has 0 saturated heterocycles. The van der Waals surface area contributed by atoms with Crippen LogP contribution in [0.15, 0.2) is 24.3 Å². The van der Waals surface area contributed by atoms with Gasteiger partial charge in [0.25, 0.3) is 0 Å². The predicted octanol–water partition coefficient (Wildman–Crippen LogP) is 2.93. The molecule has 0 atom stereocenters. The van der Waals surface area contributed by atoms with Crippen molar-refractivity contribution in [3.63, 3.8) is 0 Å². The van der Waals surface area contributed by atoms with Gasteiger partial charge in [-0.25, -0.2) is 0 Å². The fourth-order valence-electron chi connectivity index (χ4n) is 1.91. The first-order valence-electron chi connectivity index (χ1n) is 5.02. The Bertz CT molecular complexity index is 443. The van der Waals surface area contributed by atoms with E-state index in [0.717, 1.165) is 6.54 Å². The van der Waals surface area contributed by atoms with Gasteiger partial charge in [0.1, 0.15) is 0 Å². The highest BCUT2D eigenvalue weighted by Gasteiger charge is 2.09. The Kier molecular flexibility index (Phi) is 2.20. The number of nitrogens with one attached hydrogen (secondary N) is 1. The zero-order valence-electron chi connectivity index (χ0n) is 8.96. The van der Waals surface area contributed by atoms with Crippen molar-refractivity contribution in [2.45, 2.75) is 13.8 Å². The summed E-state index contributed by atoms with van der Waals surface area (Å²) >= 11 is 0. The largest absolute Gasteiger partial charge is 0.373 e. The van der Waals surface area contributed by atoms with Gasteiger partial charge in [-0.2, -0.15) is 0 Å². The first-order chi connectivity index (χ1) is 6.74. The number of H-pyrrole nitrogens is 1. The molecule has 74 valence electrons. The molecule has 2 nitrogen and oxygen atoms in total. The van der Waals surface area contributed by atoms with Crippen LogP contribution in [0, 0.1) is 6.92 Å². The van der Waals surface area contributed by atoms with Gasteiger partial charge in [0.05, 0.1) is 5.69 Å². The fraction of sp³-hybridized carbons (Fsp3) is 0.333. The fourth-order valence-corrected chi connectivity index (χ4v) is 1.91. The summed E-state index contributed by atoms with van der Waals surface area (Å²) in [5, 5.41) is 1.31. The highest BCUT2D eigenvalue weighted by Crippen LogP contribution is 2.29. The topological polar surface area (TPSA) is 19.0 Å². The Morgan fingerprint density at radius 3 is 2.71 bits per heavy atom. The molecule has 0 unspecified atom stereocenters. The van der Waals surface area contributed by atoms with Gasteiger partial charge in [0.15, 0.2) is 0 Å². The van der Waals surface area contributed by atoms with Crippen LogP contribution in [0.25, 0.3) is 10.9 Å². The molecule has 0 aliphatic carbocycles. The van der Waals surface area contributed by atoms with E-state index in [1.54, 1.807) is 0 Å². The molecule has 1 N–H and O–H groups in total. The second kappa shape index (κ2) is 3.37. The van der Waals surface area contributed by atoms with Crippen molar-refractivity contribution in [3.05, 3.63) is 30.0 Å². The van der Waals surface area contributed by atoms with Gasteiger partial charge in [-0.15, -0.1) is 0 Å². The van der Waals surface area contributed by atoms with Gasteiger partial charge in [0, 0.05) is 30.2 Å². The quantitative estimate of drug-likeness (QED) is 0.767. The van der Waals surface area contributed by atoms with E-state index in [2.05, 4.69) is 55.0 Å². The lowest BCUT2D eigenvalue weighted by atomic mass is 10.2. The molecule has 1 heterocycles. The first kappa shape index (κ1) is 9.13. The van der Waals surface area contributed by atoms with E-state index in [9.17, 15) is 0 Å². The summed E-state index contributed by atoms with van der Waals surface area (Å²) in [6.45, 7) is 5.32. The minimum absolute atomic E-state index is 1.03. The number of hydrogen-bond donors (Lipinski definition) is 1. The molecule has 0 spiro atoms. The van der Waals surface area contributed by atoms with E-state index in [1.165, 1.54) is 22.3 Å². The second-order valence-electron chi connectivity index (χ2n) is 3.66. The van der Waals surface area contributed by atoms with E-state index in [-0.39, 0.29) is 0 Å². The Morgan fingerprint density at radius 2 is 2.00 bits per heavy atom. The number of aryl methyl sites for hydroxylation is 1. The molecule has 0 fully saturated rings. The number of nitrogens with zero attached hydrogens (tertiary/aromatic N) is 1. The first-order valence-corrected chi connectivity index (χ1v) is 5.02. The number of rotatable bonds is 2. The minimum atomic E-state index is 1.03. The van der Waals surface area contributed by atoms with Crippen LogP contribution in [-0.4, -0.2) is 18.6 Å². The molecule has 0 aliphatic rings. The SMILES string of the molecule is CCN(C)c1c(C)[nH]c2ccccc12. The third kappa shape index (κ3) is 1.27. The van der Waals surface area contributed by atoms with Gasteiger partial charge < -0.3 is 9.88 Å². The van der Waals surface area contributed by atoms with Crippen LogP contribution in [0.4, 0.5) is 5.69 Å². The van der Waals surface area contributed by atoms with E-state index < -0.39 is 0 Å². The average Bonchev–Trinajstić information content (AvgIpc) is 2.53. The summed E-state index contributed by atoms with van der Waals surface area (Å²) in [7, 11) is 2.13. The van der Waals surface area contributed by atoms with Crippen LogP contribution in [0.1, 0.15) is 12.6 Å². The van der Waals surface area contributed by atoms with E-state index in [4.69, 9.17) is 0 Å². The predicted molar refractivity (Wildman–Crippen MR) is 62.0 cm³/mol. The summed E-state index contributed by atoms with van der Waals surface area (Å²) in [6.07, 6.45) is 0. The Morgan fingerprint density at radius 1 is 1.29 bits per heavy atom. The number of fused-ring (bicyclic) bond motifs is 1. The van der Waals surface area contributed by atoms with Gasteiger partial charge >= 0.3 is 0 Å². The molecule has 0 saturated carbocycles. The maximum Gasteiger partial charge on any atom is 0.0651 e. The molecule has 0 amide bonds. The molecule has 1 aromatic heterocycles. The normalized spacial score (nSPS) is 10.8. The molecule has 2 rings (SSSR count). The number of aromatic nitrogens is 1. The highest BCUT2D eigenvalue weighted by molar-refractivity contribution is 5.94. The summed E-state index contributed by atoms with van der Waals surface area (Å²) in [5.74, 6) is 0. The number of anilines is 1. The van der Waals surface area contributed by atoms with Crippen molar-refractivity contribution in [1.82, 2.24) is 4.98 Å². The molecule has 2 aromatic rings. The molecular weight excluding hydrogens is 172 g/mol. The minimum Gasteiger partial charge on any atom is -0.373 e. The third-order valence-corrected chi connectivity index (χ3v) is 2.72. The van der Waals surface area contributed by atoms with Crippen molar-refractivity contribution in [3.8, 4) is 0 Å². The second-order valence-corrected chi connectivity index (χ2v) is 3.66. The lowest BCUT2D eigenvalue weighted by Gasteiger charge is -2.16. The van der Waals surface area contributed by atoms with Crippen LogP contribution in [-0.2, 0) is 0 Å². The molecule has 14 heavy (non-hydrogen) atoms. The van der Waals surface area contributed by atoms with E-state index in [0.29, 0.717) is 0 Å². The van der Waals surface area contributed by atoms with Gasteiger partial charge in [-0.1, -0.05) is 18.2 Å². The lowest BCUT2D eigenvalue weighted by molar-refractivity contribution is 0.964. The van der Waals surface area contributed by atoms with Gasteiger partial charge in [-0.3, -0.25) is 0 Å². The monoisotopic (exact) mass is 188 g/mol. The standard InChI is InChI=1S/C12H16N2/c1-4-14(3)12-9(2)13-11-8-6-5-7-10(11)12/h5-8,13H,4H2,1-3H3. The van der Waals surface area contributed by atoms with Gasteiger partial charge in [0.2, 0.25) is 0 Å². The number of hydrogen-bond acceptors (Lipinski definition) is 1. The van der Waals surface area contributed by atoms with Gasteiger partial charge in [-0.05, 0) is 19.9 Å². The van der Waals surface area contributed by atoms with Crippen LogP contribution in [0.3, 0.4) is 0 Å². The zero-order chi connectivity index (χ0) is 10.1. The average molecular weight is 188 g/mol. The molecule has 2 heteroatoms. The highest BCUT2D eigenvalue weighted by atomic mass is 15.1. The molecule has 1 aromatic carbocycles. The van der Waals surface area contributed by atoms with E-state index >= 15 is 0 Å². The summed E-state index contributed by atoms with van der Waals surface area (Å²) < 4.78 is 0. The van der Waals surface area contributed by atoms with Crippen LogP contribution < -0.4 is 4.90 Å². The van der Waals surface area contributed by atoms with Crippen molar-refractivity contribution >= 4 is 16.6 Å². The van der Waals surface area contributed by atoms with Crippen LogP contribution in [0.2, 0.25) is 0 Å². The number of para-hydroxylation sites is 1. The molecule has 0 bridgehead atoms. The molecular formula is C12H16N2. The summed E-state index contributed by atoms with van der Waals surface area (Å²) in [4.78, 5) is 5.67. The van der Waals surface area contributed by atoms with E-state index in [1.807, 2.05) is 0 Å². The summed E-state index contributed by atoms with van der Waals surface area (Å²) in [5.41, 5.74) is 3.79. The number of aromatic amines is 1. The lowest BCUT2D eigenvalue weighted by Crippen LogP contribution is -2.16. The number of benzene rings is 1. The maximum absolute atomic E-state index is 3.40. The van der Waals surface area contributed by atoms with Crippen molar-refractivity contribution in [2.75, 3.05) is 18.5 Å². The Hall–Kier alpha value is -1.44. The van der Waals surface area contributed by atoms with Crippen molar-refractivity contribution < 1.29 is 0 Å². The molecule has 0 radical (unpaired) electrons. The van der Waals surface area contributed by atoms with Crippen molar-refractivity contribution in [2.24, 2.45) is 0 Å². The summed E-state index contributed by atoms with van der Waals surface area (Å²) in [6, 6.07) is 8.44. The van der Waals surface area contributed by atoms with Crippen molar-refractivity contribution in [1.29, 1.82) is 0 Å². The Balaban J connectivity index is 2.67. The Labute approximate surface area is 84.5 Å². The maximum atomic E-state index is 3.40. The van der Waals surface area contributed by atoms with Crippen LogP contribution >= 0.6 is 0 Å².